The number of allylic oxidation sites excluding steroid dienone is 3. The Morgan fingerprint density at radius 1 is 1.27 bits per heavy atom. The first-order chi connectivity index (χ1) is 7.34. The third kappa shape index (κ3) is 3.43. The average Bonchev–Trinajstić information content (AvgIpc) is 2.30. The SMILES string of the molecule is FC1=CC=C(COC2CCNCC2)CC1. The van der Waals surface area contributed by atoms with Crippen LogP contribution in [0, 0.1) is 0 Å². The summed E-state index contributed by atoms with van der Waals surface area (Å²) in [6, 6.07) is 0. The van der Waals surface area contributed by atoms with Crippen LogP contribution >= 0.6 is 0 Å². The molecule has 1 fully saturated rings. The second kappa shape index (κ2) is 5.42. The molecule has 0 spiro atoms. The quantitative estimate of drug-likeness (QED) is 0.773. The molecule has 0 bridgehead atoms. The van der Waals surface area contributed by atoms with Crippen molar-refractivity contribution in [2.75, 3.05) is 19.7 Å². The van der Waals surface area contributed by atoms with E-state index in [9.17, 15) is 4.39 Å². The maximum absolute atomic E-state index is 12.7. The van der Waals surface area contributed by atoms with Crippen molar-refractivity contribution in [2.24, 2.45) is 0 Å². The van der Waals surface area contributed by atoms with Crippen molar-refractivity contribution < 1.29 is 9.13 Å². The summed E-state index contributed by atoms with van der Waals surface area (Å²) < 4.78 is 18.5. The van der Waals surface area contributed by atoms with E-state index >= 15 is 0 Å². The summed E-state index contributed by atoms with van der Waals surface area (Å²) in [7, 11) is 0. The minimum absolute atomic E-state index is 0.0133. The number of rotatable bonds is 3. The molecule has 0 aromatic carbocycles. The number of nitrogens with one attached hydrogen (secondary N) is 1. The van der Waals surface area contributed by atoms with Gasteiger partial charge in [0, 0.05) is 6.42 Å². The van der Waals surface area contributed by atoms with Gasteiger partial charge in [-0.1, -0.05) is 6.08 Å². The molecule has 1 aliphatic heterocycles. The minimum Gasteiger partial charge on any atom is -0.374 e. The molecule has 2 aliphatic rings. The Morgan fingerprint density at radius 3 is 2.73 bits per heavy atom. The summed E-state index contributed by atoms with van der Waals surface area (Å²) in [6.07, 6.45) is 7.36. The normalized spacial score (nSPS) is 23.5. The van der Waals surface area contributed by atoms with Gasteiger partial charge in [-0.3, -0.25) is 0 Å². The van der Waals surface area contributed by atoms with E-state index in [-0.39, 0.29) is 5.83 Å². The van der Waals surface area contributed by atoms with Gasteiger partial charge >= 0.3 is 0 Å². The van der Waals surface area contributed by atoms with E-state index < -0.39 is 0 Å². The summed E-state index contributed by atoms with van der Waals surface area (Å²) in [5.41, 5.74) is 1.22. The van der Waals surface area contributed by atoms with Crippen LogP contribution in [0.15, 0.2) is 23.6 Å². The highest BCUT2D eigenvalue weighted by Gasteiger charge is 2.14. The molecule has 0 aromatic heterocycles. The molecule has 3 heteroatoms. The highest BCUT2D eigenvalue weighted by atomic mass is 19.1. The largest absolute Gasteiger partial charge is 0.374 e. The monoisotopic (exact) mass is 211 g/mol. The van der Waals surface area contributed by atoms with Crippen molar-refractivity contribution in [3.05, 3.63) is 23.6 Å². The molecule has 0 aromatic rings. The first kappa shape index (κ1) is 10.8. The van der Waals surface area contributed by atoms with Crippen molar-refractivity contribution in [1.82, 2.24) is 5.32 Å². The topological polar surface area (TPSA) is 21.3 Å². The summed E-state index contributed by atoms with van der Waals surface area (Å²) in [4.78, 5) is 0. The second-order valence-corrected chi connectivity index (χ2v) is 4.20. The molecule has 15 heavy (non-hydrogen) atoms. The summed E-state index contributed by atoms with van der Waals surface area (Å²) in [5, 5.41) is 3.30. The Bertz CT molecular complexity index is 267. The summed E-state index contributed by atoms with van der Waals surface area (Å²) in [5.74, 6) is -0.0133. The fourth-order valence-corrected chi connectivity index (χ4v) is 1.96. The molecule has 2 rings (SSSR count). The Balaban J connectivity index is 1.73. The van der Waals surface area contributed by atoms with Crippen LogP contribution in [0.2, 0.25) is 0 Å². The van der Waals surface area contributed by atoms with Crippen LogP contribution in [-0.4, -0.2) is 25.8 Å². The second-order valence-electron chi connectivity index (χ2n) is 4.20. The van der Waals surface area contributed by atoms with Crippen molar-refractivity contribution >= 4 is 0 Å². The van der Waals surface area contributed by atoms with E-state index in [1.807, 2.05) is 6.08 Å². The van der Waals surface area contributed by atoms with Crippen molar-refractivity contribution in [3.63, 3.8) is 0 Å². The maximum Gasteiger partial charge on any atom is 0.100 e. The van der Waals surface area contributed by atoms with Crippen LogP contribution in [0.5, 0.6) is 0 Å². The Morgan fingerprint density at radius 2 is 2.07 bits per heavy atom. The molecule has 1 aliphatic carbocycles. The first-order valence-electron chi connectivity index (χ1n) is 5.71. The molecule has 1 saturated heterocycles. The molecule has 1 heterocycles. The predicted molar refractivity (Wildman–Crippen MR) is 58.4 cm³/mol. The van der Waals surface area contributed by atoms with E-state index in [2.05, 4.69) is 5.32 Å². The van der Waals surface area contributed by atoms with Crippen LogP contribution in [0.4, 0.5) is 4.39 Å². The van der Waals surface area contributed by atoms with Crippen molar-refractivity contribution in [3.8, 4) is 0 Å². The van der Waals surface area contributed by atoms with Gasteiger partial charge in [0.05, 0.1) is 12.7 Å². The maximum atomic E-state index is 12.7. The number of hydrogen-bond acceptors (Lipinski definition) is 2. The molecule has 0 atom stereocenters. The Kier molecular flexibility index (Phi) is 3.92. The van der Waals surface area contributed by atoms with E-state index in [0.29, 0.717) is 19.1 Å². The van der Waals surface area contributed by atoms with Gasteiger partial charge in [0.25, 0.3) is 0 Å². The number of hydrogen-bond donors (Lipinski definition) is 1. The zero-order valence-electron chi connectivity index (χ0n) is 8.97. The molecule has 84 valence electrons. The van der Waals surface area contributed by atoms with Crippen LogP contribution in [0.3, 0.4) is 0 Å². The fraction of sp³-hybridized carbons (Fsp3) is 0.667. The van der Waals surface area contributed by atoms with Gasteiger partial charge in [-0.25, -0.2) is 4.39 Å². The van der Waals surface area contributed by atoms with Crippen molar-refractivity contribution in [1.29, 1.82) is 0 Å². The molecular formula is C12H18FNO. The molecule has 0 amide bonds. The highest BCUT2D eigenvalue weighted by Crippen LogP contribution is 2.20. The molecule has 0 unspecified atom stereocenters. The van der Waals surface area contributed by atoms with Gasteiger partial charge in [0.15, 0.2) is 0 Å². The zero-order valence-corrected chi connectivity index (χ0v) is 8.97. The number of piperidine rings is 1. The van der Waals surface area contributed by atoms with E-state index in [0.717, 1.165) is 32.4 Å². The smallest absolute Gasteiger partial charge is 0.100 e. The molecule has 2 nitrogen and oxygen atoms in total. The lowest BCUT2D eigenvalue weighted by molar-refractivity contribution is 0.0463. The molecule has 0 saturated carbocycles. The number of halogens is 1. The average molecular weight is 211 g/mol. The fourth-order valence-electron chi connectivity index (χ4n) is 1.96. The van der Waals surface area contributed by atoms with Gasteiger partial charge in [-0.2, -0.15) is 0 Å². The van der Waals surface area contributed by atoms with Crippen molar-refractivity contribution in [2.45, 2.75) is 31.8 Å². The van der Waals surface area contributed by atoms with Crippen LogP contribution < -0.4 is 5.32 Å². The molecular weight excluding hydrogens is 193 g/mol. The van der Waals surface area contributed by atoms with Gasteiger partial charge in [0.2, 0.25) is 0 Å². The lowest BCUT2D eigenvalue weighted by Crippen LogP contribution is -2.32. The lowest BCUT2D eigenvalue weighted by Gasteiger charge is -2.23. The predicted octanol–water partition coefficient (Wildman–Crippen LogP) is 2.33. The van der Waals surface area contributed by atoms with E-state index in [4.69, 9.17) is 4.74 Å². The summed E-state index contributed by atoms with van der Waals surface area (Å²) >= 11 is 0. The molecule has 1 N–H and O–H groups in total. The standard InChI is InChI=1S/C12H18FNO/c13-11-3-1-10(2-4-11)9-15-12-5-7-14-8-6-12/h1,3,12,14H,2,4-9H2. The minimum atomic E-state index is -0.0133. The molecule has 0 radical (unpaired) electrons. The van der Waals surface area contributed by atoms with Crippen LogP contribution in [0.25, 0.3) is 0 Å². The lowest BCUT2D eigenvalue weighted by atomic mass is 10.0. The van der Waals surface area contributed by atoms with Crippen LogP contribution in [0.1, 0.15) is 25.7 Å². The first-order valence-corrected chi connectivity index (χ1v) is 5.71. The summed E-state index contributed by atoms with van der Waals surface area (Å²) in [6.45, 7) is 2.78. The van der Waals surface area contributed by atoms with Gasteiger partial charge in [0.1, 0.15) is 5.83 Å². The van der Waals surface area contributed by atoms with Crippen LogP contribution in [-0.2, 0) is 4.74 Å². The van der Waals surface area contributed by atoms with E-state index in [1.54, 1.807) is 6.08 Å². The Labute approximate surface area is 90.2 Å². The van der Waals surface area contributed by atoms with Gasteiger partial charge < -0.3 is 10.1 Å². The third-order valence-electron chi connectivity index (χ3n) is 2.98. The van der Waals surface area contributed by atoms with Gasteiger partial charge in [-0.05, 0) is 44.0 Å². The Hall–Kier alpha value is -0.670. The van der Waals surface area contributed by atoms with Gasteiger partial charge in [-0.15, -0.1) is 0 Å². The highest BCUT2D eigenvalue weighted by molar-refractivity contribution is 5.20. The van der Waals surface area contributed by atoms with E-state index in [1.165, 1.54) is 5.57 Å². The third-order valence-corrected chi connectivity index (χ3v) is 2.98. The zero-order chi connectivity index (χ0) is 10.5. The number of ether oxygens (including phenoxy) is 1.